The van der Waals surface area contributed by atoms with Gasteiger partial charge in [0.1, 0.15) is 18.1 Å². The van der Waals surface area contributed by atoms with Crippen molar-refractivity contribution in [3.05, 3.63) is 45.0 Å². The average molecular weight is 338 g/mol. The molecule has 0 unspecified atom stereocenters. The highest BCUT2D eigenvalue weighted by molar-refractivity contribution is 6.53. The summed E-state index contributed by atoms with van der Waals surface area (Å²) in [4.78, 5) is 36.6. The lowest BCUT2D eigenvalue weighted by Gasteiger charge is -2.14. The maximum absolute atomic E-state index is 12.6. The fraction of sp³-hybridized carbons (Fsp3) is 0.250. The van der Waals surface area contributed by atoms with Gasteiger partial charge in [-0.1, -0.05) is 25.6 Å². The van der Waals surface area contributed by atoms with E-state index in [9.17, 15) is 14.4 Å². The van der Waals surface area contributed by atoms with E-state index >= 15 is 0 Å². The van der Waals surface area contributed by atoms with Crippen molar-refractivity contribution in [1.82, 2.24) is 0 Å². The predicted octanol–water partition coefficient (Wildman–Crippen LogP) is 2.30. The topological polar surface area (TPSA) is 73.6 Å². The molecule has 3 rings (SSSR count). The number of fused-ring (bicyclic) bond motifs is 3. The molecule has 0 atom stereocenters. The first-order valence-corrected chi connectivity index (χ1v) is 8.06. The summed E-state index contributed by atoms with van der Waals surface area (Å²) >= 11 is 0. The van der Waals surface area contributed by atoms with E-state index in [4.69, 9.17) is 9.15 Å². The van der Waals surface area contributed by atoms with Crippen LogP contribution in [0, 0.1) is 6.92 Å². The van der Waals surface area contributed by atoms with E-state index in [-0.39, 0.29) is 30.1 Å². The minimum atomic E-state index is -0.616. The van der Waals surface area contributed by atoms with Crippen molar-refractivity contribution in [2.24, 2.45) is 0 Å². The molecular weight excluding hydrogens is 320 g/mol. The highest BCUT2D eigenvalue weighted by atomic mass is 16.5. The molecule has 2 aromatic rings. The Balaban J connectivity index is 2.20. The summed E-state index contributed by atoms with van der Waals surface area (Å²) in [6.07, 6.45) is 2.08. The van der Waals surface area contributed by atoms with Crippen LogP contribution in [-0.4, -0.2) is 17.5 Å². The molecular formula is C20H18O5. The van der Waals surface area contributed by atoms with Gasteiger partial charge in [0.05, 0.1) is 5.56 Å². The smallest absolute Gasteiger partial charge is 0.305 e. The fourth-order valence-electron chi connectivity index (χ4n) is 3.02. The lowest BCUT2D eigenvalue weighted by Crippen LogP contribution is -2.35. The Kier molecular flexibility index (Phi) is 4.17. The van der Waals surface area contributed by atoms with Crippen LogP contribution >= 0.6 is 0 Å². The Labute approximate surface area is 144 Å². The van der Waals surface area contributed by atoms with Gasteiger partial charge in [-0.15, -0.1) is 0 Å². The number of furan rings is 1. The Bertz CT molecular complexity index is 1020. The highest BCUT2D eigenvalue weighted by Gasteiger charge is 2.36. The fourth-order valence-corrected chi connectivity index (χ4v) is 3.02. The minimum Gasteiger partial charge on any atom is -0.457 e. The second kappa shape index (κ2) is 6.16. The van der Waals surface area contributed by atoms with Crippen molar-refractivity contribution in [2.45, 2.75) is 33.8 Å². The van der Waals surface area contributed by atoms with Crippen LogP contribution < -0.4 is 10.4 Å². The van der Waals surface area contributed by atoms with Crippen molar-refractivity contribution in [1.29, 1.82) is 0 Å². The van der Waals surface area contributed by atoms with Gasteiger partial charge in [0.25, 0.3) is 0 Å². The summed E-state index contributed by atoms with van der Waals surface area (Å²) < 4.78 is 10.9. The Hall–Kier alpha value is -2.95. The molecule has 1 aliphatic rings. The Morgan fingerprint density at radius 3 is 2.56 bits per heavy atom. The average Bonchev–Trinajstić information content (AvgIpc) is 2.94. The third-order valence-corrected chi connectivity index (χ3v) is 4.46. The van der Waals surface area contributed by atoms with Crippen molar-refractivity contribution in [2.75, 3.05) is 0 Å². The molecule has 1 aromatic heterocycles. The van der Waals surface area contributed by atoms with E-state index in [1.54, 1.807) is 19.9 Å². The number of carbonyl (C=O) groups is 3. The van der Waals surface area contributed by atoms with Gasteiger partial charge >= 0.3 is 5.97 Å². The van der Waals surface area contributed by atoms with Crippen LogP contribution in [0.3, 0.4) is 0 Å². The van der Waals surface area contributed by atoms with E-state index in [1.165, 1.54) is 0 Å². The van der Waals surface area contributed by atoms with Gasteiger partial charge in [0.15, 0.2) is 0 Å². The molecule has 0 spiro atoms. The molecule has 1 aromatic carbocycles. The largest absolute Gasteiger partial charge is 0.457 e. The molecule has 25 heavy (non-hydrogen) atoms. The number of ether oxygens (including phenoxy) is 1. The van der Waals surface area contributed by atoms with Crippen LogP contribution in [0.2, 0.25) is 0 Å². The maximum Gasteiger partial charge on any atom is 0.305 e. The molecule has 0 bridgehead atoms. The van der Waals surface area contributed by atoms with Crippen LogP contribution in [-0.2, 0) is 16.1 Å². The molecule has 0 amide bonds. The number of hydrogen-bond acceptors (Lipinski definition) is 5. The lowest BCUT2D eigenvalue weighted by atomic mass is 9.85. The number of benzene rings is 1. The van der Waals surface area contributed by atoms with Crippen LogP contribution in [0.5, 0.6) is 0 Å². The van der Waals surface area contributed by atoms with E-state index < -0.39 is 11.6 Å². The van der Waals surface area contributed by atoms with Gasteiger partial charge in [0, 0.05) is 23.1 Å². The summed E-state index contributed by atoms with van der Waals surface area (Å²) in [6.45, 7) is 9.10. The molecule has 1 heterocycles. The summed E-state index contributed by atoms with van der Waals surface area (Å²) in [5, 5.41) is 1.31. The number of carbonyl (C=O) groups excluding carboxylic acids is 3. The van der Waals surface area contributed by atoms with Crippen LogP contribution in [0.4, 0.5) is 0 Å². The van der Waals surface area contributed by atoms with Crippen LogP contribution in [0.25, 0.3) is 24.0 Å². The van der Waals surface area contributed by atoms with Crippen LogP contribution in [0.1, 0.15) is 52.3 Å². The molecule has 128 valence electrons. The zero-order chi connectivity index (χ0) is 18.3. The van der Waals surface area contributed by atoms with Gasteiger partial charge in [-0.3, -0.25) is 14.4 Å². The maximum atomic E-state index is 12.6. The van der Waals surface area contributed by atoms with Crippen molar-refractivity contribution in [3.63, 3.8) is 0 Å². The SMILES string of the molecule is C=c1c2c(ccc1=CC)-c1oc(COC(=O)CC)c(C)c1C(=O)C2=O. The first-order valence-electron chi connectivity index (χ1n) is 8.06. The monoisotopic (exact) mass is 338 g/mol. The van der Waals surface area contributed by atoms with Crippen molar-refractivity contribution < 1.29 is 23.5 Å². The van der Waals surface area contributed by atoms with E-state index in [2.05, 4.69) is 6.58 Å². The third kappa shape index (κ3) is 2.52. The first-order chi connectivity index (χ1) is 11.9. The van der Waals surface area contributed by atoms with Gasteiger partial charge in [-0.25, -0.2) is 0 Å². The first kappa shape index (κ1) is 16.9. The van der Waals surface area contributed by atoms with Gasteiger partial charge in [-0.2, -0.15) is 0 Å². The van der Waals surface area contributed by atoms with E-state index in [0.717, 1.165) is 5.22 Å². The summed E-state index contributed by atoms with van der Waals surface area (Å²) in [5.74, 6) is -0.850. The minimum absolute atomic E-state index is 0.0691. The Morgan fingerprint density at radius 2 is 1.92 bits per heavy atom. The van der Waals surface area contributed by atoms with E-state index in [0.29, 0.717) is 27.9 Å². The quantitative estimate of drug-likeness (QED) is 0.634. The highest BCUT2D eigenvalue weighted by Crippen LogP contribution is 2.37. The molecule has 5 nitrogen and oxygen atoms in total. The molecule has 5 heteroatoms. The second-order valence-corrected chi connectivity index (χ2v) is 5.87. The predicted molar refractivity (Wildman–Crippen MR) is 92.5 cm³/mol. The van der Waals surface area contributed by atoms with Crippen molar-refractivity contribution in [3.8, 4) is 11.3 Å². The second-order valence-electron chi connectivity index (χ2n) is 5.87. The molecule has 0 saturated heterocycles. The summed E-state index contributed by atoms with van der Waals surface area (Å²) in [6, 6.07) is 3.59. The van der Waals surface area contributed by atoms with Gasteiger partial charge in [0.2, 0.25) is 11.6 Å². The zero-order valence-electron chi connectivity index (χ0n) is 14.4. The number of ketones is 2. The third-order valence-electron chi connectivity index (χ3n) is 4.46. The number of esters is 1. The van der Waals surface area contributed by atoms with Gasteiger partial charge < -0.3 is 9.15 Å². The molecule has 0 radical (unpaired) electrons. The Morgan fingerprint density at radius 1 is 1.24 bits per heavy atom. The van der Waals surface area contributed by atoms with Gasteiger partial charge in [-0.05, 0) is 30.4 Å². The number of rotatable bonds is 3. The standard InChI is InChI=1S/C20H18O5/c1-5-12-7-8-13-16(10(12)3)18(22)19(23)17-11(4)14(25-20(13)17)9-24-15(21)6-2/h5,7-8H,3,6,9H2,1-2,4H3. The molecule has 0 fully saturated rings. The number of Topliss-reactive ketones (excluding diaryl/α,β-unsaturated/α-hetero) is 2. The number of hydrogen-bond donors (Lipinski definition) is 0. The van der Waals surface area contributed by atoms with Crippen LogP contribution in [0.15, 0.2) is 16.5 Å². The van der Waals surface area contributed by atoms with E-state index in [1.807, 2.05) is 19.1 Å². The summed E-state index contributed by atoms with van der Waals surface area (Å²) in [5.41, 5.74) is 1.60. The lowest BCUT2D eigenvalue weighted by molar-refractivity contribution is -0.145. The molecule has 0 N–H and O–H groups in total. The molecule has 1 aliphatic carbocycles. The van der Waals surface area contributed by atoms with Crippen molar-refractivity contribution >= 4 is 30.2 Å². The zero-order valence-corrected chi connectivity index (χ0v) is 14.4. The molecule has 0 aliphatic heterocycles. The summed E-state index contributed by atoms with van der Waals surface area (Å²) in [7, 11) is 0. The normalized spacial score (nSPS) is 13.6. The molecule has 0 saturated carbocycles.